The van der Waals surface area contributed by atoms with Gasteiger partial charge in [0.1, 0.15) is 5.75 Å². The molecule has 1 aromatic rings. The van der Waals surface area contributed by atoms with E-state index in [1.165, 1.54) is 0 Å². The van der Waals surface area contributed by atoms with Gasteiger partial charge in [0.25, 0.3) is 0 Å². The molecule has 84 valence electrons. The molecule has 1 aromatic carbocycles. The SMILES string of the molecule is COc1cc(C)c(C(O)CCCl)cc1C. The highest BCUT2D eigenvalue weighted by Crippen LogP contribution is 2.28. The van der Waals surface area contributed by atoms with Gasteiger partial charge in [0.15, 0.2) is 0 Å². The van der Waals surface area contributed by atoms with E-state index in [1.54, 1.807) is 7.11 Å². The van der Waals surface area contributed by atoms with Crippen LogP contribution in [0.2, 0.25) is 0 Å². The smallest absolute Gasteiger partial charge is 0.122 e. The Bertz CT molecular complexity index is 337. The van der Waals surface area contributed by atoms with E-state index in [4.69, 9.17) is 16.3 Å². The number of hydrogen-bond donors (Lipinski definition) is 1. The van der Waals surface area contributed by atoms with Gasteiger partial charge >= 0.3 is 0 Å². The number of aliphatic hydroxyl groups excluding tert-OH is 1. The predicted molar refractivity (Wildman–Crippen MR) is 62.8 cm³/mol. The average molecular weight is 229 g/mol. The summed E-state index contributed by atoms with van der Waals surface area (Å²) >= 11 is 5.61. The first-order valence-electron chi connectivity index (χ1n) is 4.99. The van der Waals surface area contributed by atoms with Gasteiger partial charge < -0.3 is 9.84 Å². The Kier molecular flexibility index (Phi) is 4.43. The quantitative estimate of drug-likeness (QED) is 0.803. The van der Waals surface area contributed by atoms with Gasteiger partial charge in [0.05, 0.1) is 13.2 Å². The lowest BCUT2D eigenvalue weighted by Gasteiger charge is -2.15. The van der Waals surface area contributed by atoms with Crippen molar-refractivity contribution in [1.29, 1.82) is 0 Å². The summed E-state index contributed by atoms with van der Waals surface area (Å²) in [4.78, 5) is 0. The van der Waals surface area contributed by atoms with Gasteiger partial charge in [-0.1, -0.05) is 0 Å². The average Bonchev–Trinajstić information content (AvgIpc) is 2.21. The first-order chi connectivity index (χ1) is 7.10. The van der Waals surface area contributed by atoms with Gasteiger partial charge in [-0.05, 0) is 49.1 Å². The molecule has 0 amide bonds. The number of rotatable bonds is 4. The third kappa shape index (κ3) is 2.86. The van der Waals surface area contributed by atoms with Crippen LogP contribution in [-0.2, 0) is 0 Å². The van der Waals surface area contributed by atoms with Crippen molar-refractivity contribution in [3.8, 4) is 5.75 Å². The third-order valence-corrected chi connectivity index (χ3v) is 2.74. The molecular weight excluding hydrogens is 212 g/mol. The standard InChI is InChI=1S/C12H17ClO2/c1-8-7-12(15-3)9(2)6-10(8)11(14)4-5-13/h6-7,11,14H,4-5H2,1-3H3. The Hall–Kier alpha value is -0.730. The van der Waals surface area contributed by atoms with Gasteiger partial charge in [0.2, 0.25) is 0 Å². The molecule has 0 saturated carbocycles. The normalized spacial score (nSPS) is 12.6. The van der Waals surface area contributed by atoms with Crippen molar-refractivity contribution >= 4 is 11.6 Å². The lowest BCUT2D eigenvalue weighted by molar-refractivity contribution is 0.174. The Morgan fingerprint density at radius 3 is 2.53 bits per heavy atom. The minimum Gasteiger partial charge on any atom is -0.496 e. The van der Waals surface area contributed by atoms with E-state index in [0.717, 1.165) is 22.4 Å². The van der Waals surface area contributed by atoms with Crippen molar-refractivity contribution in [2.45, 2.75) is 26.4 Å². The second kappa shape index (κ2) is 5.38. The molecule has 0 fully saturated rings. The van der Waals surface area contributed by atoms with Crippen molar-refractivity contribution in [2.24, 2.45) is 0 Å². The van der Waals surface area contributed by atoms with Crippen LogP contribution in [0.3, 0.4) is 0 Å². The van der Waals surface area contributed by atoms with Crippen molar-refractivity contribution < 1.29 is 9.84 Å². The molecule has 3 heteroatoms. The van der Waals surface area contributed by atoms with E-state index in [0.29, 0.717) is 12.3 Å². The highest BCUT2D eigenvalue weighted by Gasteiger charge is 2.12. The van der Waals surface area contributed by atoms with Gasteiger partial charge in [-0.2, -0.15) is 0 Å². The number of benzene rings is 1. The molecule has 15 heavy (non-hydrogen) atoms. The fourth-order valence-corrected chi connectivity index (χ4v) is 1.86. The van der Waals surface area contributed by atoms with Crippen LogP contribution in [0.4, 0.5) is 0 Å². The lowest BCUT2D eigenvalue weighted by Crippen LogP contribution is -2.02. The molecule has 0 spiro atoms. The van der Waals surface area contributed by atoms with E-state index in [-0.39, 0.29) is 0 Å². The Morgan fingerprint density at radius 1 is 1.33 bits per heavy atom. The molecule has 0 radical (unpaired) electrons. The van der Waals surface area contributed by atoms with Crippen molar-refractivity contribution in [2.75, 3.05) is 13.0 Å². The minimum absolute atomic E-state index is 0.464. The molecule has 0 bridgehead atoms. The van der Waals surface area contributed by atoms with Crippen molar-refractivity contribution in [3.05, 3.63) is 28.8 Å². The molecule has 0 heterocycles. The van der Waals surface area contributed by atoms with Crippen molar-refractivity contribution in [1.82, 2.24) is 0 Å². The van der Waals surface area contributed by atoms with E-state index < -0.39 is 6.10 Å². The number of aryl methyl sites for hydroxylation is 2. The highest BCUT2D eigenvalue weighted by atomic mass is 35.5. The molecule has 1 unspecified atom stereocenters. The molecule has 0 aromatic heterocycles. The molecule has 0 aliphatic heterocycles. The van der Waals surface area contributed by atoms with E-state index in [2.05, 4.69) is 0 Å². The van der Waals surface area contributed by atoms with Crippen LogP contribution in [0.1, 0.15) is 29.2 Å². The van der Waals surface area contributed by atoms with Gasteiger partial charge in [-0.3, -0.25) is 0 Å². The highest BCUT2D eigenvalue weighted by molar-refractivity contribution is 6.17. The topological polar surface area (TPSA) is 29.5 Å². The Morgan fingerprint density at radius 2 is 2.00 bits per heavy atom. The first kappa shape index (κ1) is 12.3. The largest absolute Gasteiger partial charge is 0.496 e. The Labute approximate surface area is 95.8 Å². The lowest BCUT2D eigenvalue weighted by atomic mass is 9.98. The molecule has 1 N–H and O–H groups in total. The molecule has 0 saturated heterocycles. The van der Waals surface area contributed by atoms with Crippen LogP contribution in [0.5, 0.6) is 5.75 Å². The molecule has 1 atom stereocenters. The fraction of sp³-hybridized carbons (Fsp3) is 0.500. The summed E-state index contributed by atoms with van der Waals surface area (Å²) in [6.45, 7) is 3.93. The number of methoxy groups -OCH3 is 1. The van der Waals surface area contributed by atoms with E-state index in [1.807, 2.05) is 26.0 Å². The predicted octanol–water partition coefficient (Wildman–Crippen LogP) is 2.97. The number of aliphatic hydroxyl groups is 1. The van der Waals surface area contributed by atoms with Crippen LogP contribution >= 0.6 is 11.6 Å². The summed E-state index contributed by atoms with van der Waals surface area (Å²) in [5.74, 6) is 1.32. The van der Waals surface area contributed by atoms with Gasteiger partial charge in [0, 0.05) is 5.88 Å². The first-order valence-corrected chi connectivity index (χ1v) is 5.52. The number of alkyl halides is 1. The van der Waals surface area contributed by atoms with Crippen LogP contribution in [0, 0.1) is 13.8 Å². The van der Waals surface area contributed by atoms with Crippen LogP contribution in [0.15, 0.2) is 12.1 Å². The van der Waals surface area contributed by atoms with E-state index in [9.17, 15) is 5.11 Å². The summed E-state index contributed by atoms with van der Waals surface area (Å²) in [7, 11) is 1.65. The van der Waals surface area contributed by atoms with Gasteiger partial charge in [-0.15, -0.1) is 11.6 Å². The molecule has 2 nitrogen and oxygen atoms in total. The number of ether oxygens (including phenoxy) is 1. The fourth-order valence-electron chi connectivity index (χ4n) is 1.65. The van der Waals surface area contributed by atoms with Crippen LogP contribution < -0.4 is 4.74 Å². The summed E-state index contributed by atoms with van der Waals surface area (Å²) in [5, 5.41) is 9.86. The third-order valence-electron chi connectivity index (χ3n) is 2.53. The van der Waals surface area contributed by atoms with E-state index >= 15 is 0 Å². The monoisotopic (exact) mass is 228 g/mol. The molecular formula is C12H17ClO2. The Balaban J connectivity index is 3.04. The van der Waals surface area contributed by atoms with Crippen molar-refractivity contribution in [3.63, 3.8) is 0 Å². The van der Waals surface area contributed by atoms with Crippen LogP contribution in [0.25, 0.3) is 0 Å². The second-order valence-electron chi connectivity index (χ2n) is 3.67. The van der Waals surface area contributed by atoms with Crippen LogP contribution in [-0.4, -0.2) is 18.1 Å². The zero-order valence-corrected chi connectivity index (χ0v) is 10.1. The minimum atomic E-state index is -0.480. The zero-order chi connectivity index (χ0) is 11.4. The maximum Gasteiger partial charge on any atom is 0.122 e. The molecule has 1 rings (SSSR count). The summed E-state index contributed by atoms with van der Waals surface area (Å²) in [6, 6.07) is 3.91. The number of halogens is 1. The molecule has 0 aliphatic carbocycles. The molecule has 0 aliphatic rings. The number of hydrogen-bond acceptors (Lipinski definition) is 2. The second-order valence-corrected chi connectivity index (χ2v) is 4.05. The summed E-state index contributed by atoms with van der Waals surface area (Å²) in [6.07, 6.45) is 0.0980. The maximum absolute atomic E-state index is 9.86. The zero-order valence-electron chi connectivity index (χ0n) is 9.38. The van der Waals surface area contributed by atoms with Gasteiger partial charge in [-0.25, -0.2) is 0 Å². The summed E-state index contributed by atoms with van der Waals surface area (Å²) < 4.78 is 5.21. The maximum atomic E-state index is 9.86. The summed E-state index contributed by atoms with van der Waals surface area (Å²) in [5.41, 5.74) is 3.01.